The lowest BCUT2D eigenvalue weighted by Crippen LogP contribution is -2.69. The number of Topliss-reactive ketones (excluding diaryl/α,β-unsaturated/α-hetero) is 1. The number of amides is 2. The quantitative estimate of drug-likeness (QED) is 0.345. The van der Waals surface area contributed by atoms with Gasteiger partial charge in [0.25, 0.3) is 11.8 Å². The summed E-state index contributed by atoms with van der Waals surface area (Å²) in [7, 11) is 0. The topological polar surface area (TPSA) is 97.8 Å². The summed E-state index contributed by atoms with van der Waals surface area (Å²) in [5, 5.41) is 0.664. The maximum Gasteiger partial charge on any atom is 0.339 e. The number of nitrogens with zero attached hydrogens (tertiary/aromatic N) is 1. The fourth-order valence-electron chi connectivity index (χ4n) is 11.2. The third-order valence-electron chi connectivity index (χ3n) is 15.1. The molecule has 0 spiro atoms. The van der Waals surface area contributed by atoms with Gasteiger partial charge in [-0.1, -0.05) is 54.0 Å². The largest absolute Gasteiger partial charge is 0.339 e. The number of allylic oxidation sites excluding steroid dienone is 2. The van der Waals surface area contributed by atoms with Crippen LogP contribution in [0, 0.1) is 49.7 Å². The predicted molar refractivity (Wildman–Crippen MR) is 156 cm³/mol. The van der Waals surface area contributed by atoms with Crippen LogP contribution in [0.4, 0.5) is 0 Å². The van der Waals surface area contributed by atoms with Crippen molar-refractivity contribution in [2.24, 2.45) is 49.7 Å². The molecule has 1 saturated heterocycles. The molecular weight excluding hydrogens is 530 g/mol. The van der Waals surface area contributed by atoms with Gasteiger partial charge in [0.05, 0.1) is 5.41 Å². The molecule has 42 heavy (non-hydrogen) atoms. The second-order valence-electron chi connectivity index (χ2n) is 16.9. The smallest absolute Gasteiger partial charge is 0.330 e. The lowest BCUT2D eigenvalue weighted by molar-refractivity contribution is -0.219. The average molecular weight is 580 g/mol. The monoisotopic (exact) mass is 579 g/mol. The highest BCUT2D eigenvalue weighted by atomic mass is 16.7. The zero-order valence-electron chi connectivity index (χ0n) is 26.9. The first-order valence-electron chi connectivity index (χ1n) is 16.2. The van der Waals surface area contributed by atoms with Crippen molar-refractivity contribution in [3.63, 3.8) is 0 Å². The molecule has 8 atom stereocenters. The van der Waals surface area contributed by atoms with Gasteiger partial charge in [-0.15, -0.1) is 5.06 Å². The Hall–Kier alpha value is -2.31. The van der Waals surface area contributed by atoms with Gasteiger partial charge in [-0.25, -0.2) is 4.79 Å². The van der Waals surface area contributed by atoms with Crippen molar-refractivity contribution in [3.8, 4) is 0 Å². The Bertz CT molecular complexity index is 1330. The lowest BCUT2D eigenvalue weighted by atomic mass is 9.30. The van der Waals surface area contributed by atoms with Gasteiger partial charge in [-0.05, 0) is 97.4 Å². The predicted octanol–water partition coefficient (Wildman–Crippen LogP) is 6.53. The Kier molecular flexibility index (Phi) is 6.13. The van der Waals surface area contributed by atoms with E-state index in [4.69, 9.17) is 4.84 Å². The first-order chi connectivity index (χ1) is 19.3. The van der Waals surface area contributed by atoms with E-state index in [1.165, 1.54) is 5.57 Å². The summed E-state index contributed by atoms with van der Waals surface area (Å²) in [6.07, 6.45) is 9.17. The molecule has 1 aliphatic heterocycles. The highest BCUT2D eigenvalue weighted by Crippen LogP contribution is 2.77. The fourth-order valence-corrected chi connectivity index (χ4v) is 11.2. The van der Waals surface area contributed by atoms with Gasteiger partial charge >= 0.3 is 5.97 Å². The highest BCUT2D eigenvalue weighted by molar-refractivity contribution is 6.02. The zero-order chi connectivity index (χ0) is 30.9. The van der Waals surface area contributed by atoms with Crippen molar-refractivity contribution < 1.29 is 28.8 Å². The molecule has 0 aromatic heterocycles. The van der Waals surface area contributed by atoms with Gasteiger partial charge in [0.2, 0.25) is 0 Å². The summed E-state index contributed by atoms with van der Waals surface area (Å²) in [5.41, 5.74) is -1.24. The third kappa shape index (κ3) is 3.43. The van der Waals surface area contributed by atoms with E-state index >= 15 is 0 Å². The number of imide groups is 1. The van der Waals surface area contributed by atoms with Gasteiger partial charge in [-0.2, -0.15) is 0 Å². The number of fused-ring (bicyclic) bond motifs is 7. The van der Waals surface area contributed by atoms with Crippen molar-refractivity contribution in [2.75, 3.05) is 0 Å². The Morgan fingerprint density at radius 1 is 0.762 bits per heavy atom. The van der Waals surface area contributed by atoms with Crippen LogP contribution in [0.1, 0.15) is 126 Å². The van der Waals surface area contributed by atoms with E-state index in [0.29, 0.717) is 30.1 Å². The molecule has 0 unspecified atom stereocenters. The number of hydrogen-bond acceptors (Lipinski definition) is 6. The molecule has 7 nitrogen and oxygen atoms in total. The van der Waals surface area contributed by atoms with Gasteiger partial charge < -0.3 is 4.84 Å². The van der Waals surface area contributed by atoms with Crippen LogP contribution < -0.4 is 0 Å². The summed E-state index contributed by atoms with van der Waals surface area (Å²) in [6.45, 7) is 17.7. The lowest BCUT2D eigenvalue weighted by Gasteiger charge is -2.72. The van der Waals surface area contributed by atoms with E-state index in [-0.39, 0.29) is 57.5 Å². The molecular formula is C35H49NO6. The number of hydroxylamine groups is 2. The van der Waals surface area contributed by atoms with E-state index < -0.39 is 28.6 Å². The third-order valence-corrected chi connectivity index (χ3v) is 15.1. The summed E-state index contributed by atoms with van der Waals surface area (Å²) < 4.78 is 0. The summed E-state index contributed by atoms with van der Waals surface area (Å²) in [5.74, 6) is -1.09. The molecule has 5 fully saturated rings. The number of carbonyl (C=O) groups is 5. The van der Waals surface area contributed by atoms with Gasteiger partial charge in [0, 0.05) is 30.6 Å². The SMILES string of the molecule is CC1(C)C(=O)CC[C@]2(C)[C@H]3C(=O)C=C4[C@H]5C[C@@](C)(C(=O)ON6C(=O)CCC6=O)CC[C@]5(C)CC[C@@]4(C)[C@]3(C)CC[C@@]12C. The molecule has 6 aliphatic rings. The number of rotatable bonds is 2. The molecule has 2 amide bonds. The molecule has 0 aromatic rings. The van der Waals surface area contributed by atoms with Crippen LogP contribution >= 0.6 is 0 Å². The first-order valence-corrected chi connectivity index (χ1v) is 16.2. The van der Waals surface area contributed by atoms with Crippen LogP contribution in [0.5, 0.6) is 0 Å². The summed E-state index contributed by atoms with van der Waals surface area (Å²) in [4.78, 5) is 71.2. The van der Waals surface area contributed by atoms with Crippen molar-refractivity contribution in [3.05, 3.63) is 11.6 Å². The van der Waals surface area contributed by atoms with E-state index in [1.54, 1.807) is 0 Å². The Balaban J connectivity index is 1.38. The van der Waals surface area contributed by atoms with Crippen molar-refractivity contribution >= 4 is 29.4 Å². The zero-order valence-corrected chi connectivity index (χ0v) is 26.9. The van der Waals surface area contributed by atoms with Crippen LogP contribution in [0.15, 0.2) is 11.6 Å². The van der Waals surface area contributed by atoms with Gasteiger partial charge in [0.1, 0.15) is 5.78 Å². The minimum atomic E-state index is -0.863. The van der Waals surface area contributed by atoms with Crippen LogP contribution in [-0.4, -0.2) is 34.4 Å². The molecule has 7 heteroatoms. The summed E-state index contributed by atoms with van der Waals surface area (Å²) in [6, 6.07) is 0. The number of hydrogen-bond donors (Lipinski definition) is 0. The Morgan fingerprint density at radius 2 is 1.38 bits per heavy atom. The maximum atomic E-state index is 14.6. The Labute approximate surface area is 250 Å². The maximum absolute atomic E-state index is 14.6. The summed E-state index contributed by atoms with van der Waals surface area (Å²) >= 11 is 0. The van der Waals surface area contributed by atoms with E-state index in [0.717, 1.165) is 38.5 Å². The molecule has 6 rings (SSSR count). The molecule has 0 bridgehead atoms. The molecule has 230 valence electrons. The highest BCUT2D eigenvalue weighted by Gasteiger charge is 2.73. The Morgan fingerprint density at radius 3 is 2.02 bits per heavy atom. The molecule has 0 radical (unpaired) electrons. The molecule has 5 aliphatic carbocycles. The average Bonchev–Trinajstić information content (AvgIpc) is 3.23. The van der Waals surface area contributed by atoms with Crippen LogP contribution in [0.25, 0.3) is 0 Å². The van der Waals surface area contributed by atoms with Crippen molar-refractivity contribution in [2.45, 2.75) is 126 Å². The van der Waals surface area contributed by atoms with E-state index in [9.17, 15) is 24.0 Å². The van der Waals surface area contributed by atoms with E-state index in [2.05, 4.69) is 48.5 Å². The second-order valence-corrected chi connectivity index (χ2v) is 16.9. The standard InChI is InChI=1S/C35H49NO6/c1-29(2)24(38)11-12-34(7)27-23(37)19-21-22-20-31(4,28(41)42-36-25(39)9-10-26(36)40)14-13-30(22,3)15-16-32(21,5)33(27,6)17-18-35(29,34)8/h19,22,27H,9-18,20H2,1-8H3/t22-,27+,30-,31+,32-,33-,34-,35+/m1/s1. The van der Waals surface area contributed by atoms with E-state index in [1.807, 2.05) is 13.0 Å². The number of carbonyl (C=O) groups excluding carboxylic acids is 5. The van der Waals surface area contributed by atoms with Crippen LogP contribution in [0.2, 0.25) is 0 Å². The minimum Gasteiger partial charge on any atom is -0.330 e. The molecule has 1 heterocycles. The fraction of sp³-hybridized carbons (Fsp3) is 0.800. The van der Waals surface area contributed by atoms with Crippen LogP contribution in [-0.2, 0) is 28.8 Å². The van der Waals surface area contributed by atoms with Gasteiger partial charge in [-0.3, -0.25) is 19.2 Å². The molecule has 0 aromatic carbocycles. The molecule has 4 saturated carbocycles. The van der Waals surface area contributed by atoms with Crippen LogP contribution in [0.3, 0.4) is 0 Å². The second kappa shape index (κ2) is 8.65. The van der Waals surface area contributed by atoms with Crippen molar-refractivity contribution in [1.29, 1.82) is 0 Å². The van der Waals surface area contributed by atoms with Gasteiger partial charge in [0.15, 0.2) is 5.78 Å². The normalized spacial score (nSPS) is 48.1. The minimum absolute atomic E-state index is 0.0275. The number of ketones is 2. The molecule has 0 N–H and O–H groups in total. The van der Waals surface area contributed by atoms with Crippen molar-refractivity contribution in [1.82, 2.24) is 5.06 Å². The first kappa shape index (κ1) is 29.7.